The highest BCUT2D eigenvalue weighted by Gasteiger charge is 2.16. The minimum Gasteiger partial charge on any atom is -0.497 e. The number of carbonyl (C=O) groups excluding carboxylic acids is 2. The fraction of sp³-hybridized carbons (Fsp3) is 0.269. The summed E-state index contributed by atoms with van der Waals surface area (Å²) in [7, 11) is 1.64. The first-order valence-corrected chi connectivity index (χ1v) is 12.3. The molecule has 0 bridgehead atoms. The number of rotatable bonds is 11. The van der Waals surface area contributed by atoms with Crippen molar-refractivity contribution in [3.63, 3.8) is 0 Å². The average Bonchev–Trinajstić information content (AvgIpc) is 3.52. The quantitative estimate of drug-likeness (QED) is 0.243. The lowest BCUT2D eigenvalue weighted by Gasteiger charge is -2.10. The van der Waals surface area contributed by atoms with Crippen LogP contribution in [0.4, 0.5) is 0 Å². The second-order valence-corrected chi connectivity index (χ2v) is 8.66. The summed E-state index contributed by atoms with van der Waals surface area (Å²) >= 11 is 1.36. The molecule has 2 aromatic carbocycles. The monoisotopic (exact) mass is 493 g/mol. The zero-order valence-electron chi connectivity index (χ0n) is 19.7. The Morgan fingerprint density at radius 1 is 1.14 bits per heavy atom. The van der Waals surface area contributed by atoms with Gasteiger partial charge in [-0.15, -0.1) is 0 Å². The van der Waals surface area contributed by atoms with Gasteiger partial charge in [0.05, 0.1) is 48.9 Å². The molecule has 0 unspecified atom stereocenters. The first-order valence-electron chi connectivity index (χ1n) is 11.3. The largest absolute Gasteiger partial charge is 0.497 e. The molecule has 1 amide bonds. The molecule has 0 spiro atoms. The van der Waals surface area contributed by atoms with Gasteiger partial charge in [-0.1, -0.05) is 23.9 Å². The van der Waals surface area contributed by atoms with Crippen LogP contribution in [0.3, 0.4) is 0 Å². The minimum atomic E-state index is -0.381. The van der Waals surface area contributed by atoms with Crippen molar-refractivity contribution < 1.29 is 23.5 Å². The van der Waals surface area contributed by atoms with Crippen LogP contribution in [-0.2, 0) is 29.0 Å². The molecule has 2 heterocycles. The van der Waals surface area contributed by atoms with Crippen molar-refractivity contribution in [1.82, 2.24) is 14.9 Å². The van der Waals surface area contributed by atoms with Crippen LogP contribution in [0.2, 0.25) is 0 Å². The van der Waals surface area contributed by atoms with Crippen LogP contribution < -0.4 is 10.1 Å². The molecule has 0 fully saturated rings. The van der Waals surface area contributed by atoms with Crippen molar-refractivity contribution in [1.29, 1.82) is 0 Å². The number of thioether (sulfide) groups is 1. The Hall–Kier alpha value is -3.72. The molecule has 8 nitrogen and oxygen atoms in total. The van der Waals surface area contributed by atoms with Crippen LogP contribution >= 0.6 is 11.8 Å². The number of carbonyl (C=O) groups is 2. The van der Waals surface area contributed by atoms with E-state index >= 15 is 0 Å². The van der Waals surface area contributed by atoms with Crippen molar-refractivity contribution >= 4 is 34.7 Å². The van der Waals surface area contributed by atoms with Crippen molar-refractivity contribution in [2.75, 3.05) is 19.5 Å². The number of aromatic nitrogens is 2. The van der Waals surface area contributed by atoms with E-state index in [9.17, 15) is 9.59 Å². The van der Waals surface area contributed by atoms with Gasteiger partial charge >= 0.3 is 5.97 Å². The van der Waals surface area contributed by atoms with Crippen LogP contribution in [0.5, 0.6) is 5.75 Å². The third-order valence-electron chi connectivity index (χ3n) is 5.38. The molecule has 0 aliphatic heterocycles. The zero-order chi connectivity index (χ0) is 24.6. The fourth-order valence-corrected chi connectivity index (χ4v) is 4.46. The molecule has 182 valence electrons. The molecule has 1 N–H and O–H groups in total. The number of esters is 1. The van der Waals surface area contributed by atoms with Gasteiger partial charge in [0, 0.05) is 6.54 Å². The van der Waals surface area contributed by atoms with E-state index in [2.05, 4.69) is 9.88 Å². The molecule has 9 heteroatoms. The predicted octanol–water partition coefficient (Wildman–Crippen LogP) is 4.47. The van der Waals surface area contributed by atoms with E-state index in [4.69, 9.17) is 18.9 Å². The van der Waals surface area contributed by atoms with E-state index in [1.807, 2.05) is 36.4 Å². The molecule has 0 aliphatic rings. The zero-order valence-corrected chi connectivity index (χ0v) is 20.5. The van der Waals surface area contributed by atoms with Crippen LogP contribution in [0.15, 0.2) is 70.4 Å². The first-order chi connectivity index (χ1) is 17.1. The lowest BCUT2D eigenvalue weighted by Crippen LogP contribution is -2.24. The summed E-state index contributed by atoms with van der Waals surface area (Å²) in [6.07, 6.45) is 2.35. The summed E-state index contributed by atoms with van der Waals surface area (Å²) in [5.41, 5.74) is 3.18. The highest BCUT2D eigenvalue weighted by Crippen LogP contribution is 2.26. The van der Waals surface area contributed by atoms with E-state index < -0.39 is 0 Å². The molecular weight excluding hydrogens is 466 g/mol. The number of nitrogens with zero attached hydrogens (tertiary/aromatic N) is 2. The molecular formula is C26H27N3O5S. The lowest BCUT2D eigenvalue weighted by molar-refractivity contribution is -0.118. The highest BCUT2D eigenvalue weighted by atomic mass is 32.2. The maximum absolute atomic E-state index is 12.4. The van der Waals surface area contributed by atoms with E-state index in [0.29, 0.717) is 41.7 Å². The van der Waals surface area contributed by atoms with Crippen molar-refractivity contribution in [2.24, 2.45) is 0 Å². The van der Waals surface area contributed by atoms with Gasteiger partial charge in [0.15, 0.2) is 5.16 Å². The van der Waals surface area contributed by atoms with Gasteiger partial charge in [-0.25, -0.2) is 9.78 Å². The number of benzene rings is 2. The van der Waals surface area contributed by atoms with Gasteiger partial charge in [0.25, 0.3) is 0 Å². The van der Waals surface area contributed by atoms with Crippen LogP contribution in [0, 0.1) is 0 Å². The fourth-order valence-electron chi connectivity index (χ4n) is 3.59. The van der Waals surface area contributed by atoms with Crippen LogP contribution in [-0.4, -0.2) is 40.9 Å². The summed E-state index contributed by atoms with van der Waals surface area (Å²) in [6.45, 7) is 3.08. The average molecular weight is 494 g/mol. The summed E-state index contributed by atoms with van der Waals surface area (Å²) in [6, 6.07) is 16.9. The molecule has 0 saturated carbocycles. The second kappa shape index (κ2) is 11.6. The summed E-state index contributed by atoms with van der Waals surface area (Å²) in [4.78, 5) is 29.3. The molecule has 0 atom stereocenters. The van der Waals surface area contributed by atoms with Gasteiger partial charge in [0.2, 0.25) is 5.91 Å². The number of hydrogen-bond acceptors (Lipinski definition) is 7. The molecule has 0 saturated heterocycles. The number of aryl methyl sites for hydroxylation is 2. The third kappa shape index (κ3) is 6.24. The maximum Gasteiger partial charge on any atom is 0.338 e. The second-order valence-electron chi connectivity index (χ2n) is 7.71. The molecule has 35 heavy (non-hydrogen) atoms. The van der Waals surface area contributed by atoms with Gasteiger partial charge < -0.3 is 23.8 Å². The Morgan fingerprint density at radius 3 is 2.69 bits per heavy atom. The van der Waals surface area contributed by atoms with Gasteiger partial charge in [-0.3, -0.25) is 4.79 Å². The minimum absolute atomic E-state index is 0.118. The van der Waals surface area contributed by atoms with Crippen molar-refractivity contribution in [2.45, 2.75) is 31.6 Å². The number of furan rings is 1. The number of ether oxygens (including phenoxy) is 2. The maximum atomic E-state index is 12.4. The Balaban J connectivity index is 1.52. The van der Waals surface area contributed by atoms with Crippen LogP contribution in [0.1, 0.15) is 28.6 Å². The SMILES string of the molecule is CCOC(=O)c1ccc2c(c1)nc(SCC(=O)NCc1ccco1)n2CCc1ccc(OC)cc1. The van der Waals surface area contributed by atoms with E-state index in [-0.39, 0.29) is 17.6 Å². The topological polar surface area (TPSA) is 95.6 Å². The third-order valence-corrected chi connectivity index (χ3v) is 6.36. The summed E-state index contributed by atoms with van der Waals surface area (Å²) < 4.78 is 17.7. The van der Waals surface area contributed by atoms with Crippen LogP contribution in [0.25, 0.3) is 11.0 Å². The smallest absolute Gasteiger partial charge is 0.338 e. The molecule has 0 aliphatic carbocycles. The Kier molecular flexibility index (Phi) is 8.10. The summed E-state index contributed by atoms with van der Waals surface area (Å²) in [5, 5.41) is 3.56. The molecule has 0 radical (unpaired) electrons. The van der Waals surface area contributed by atoms with Gasteiger partial charge in [-0.05, 0) is 61.4 Å². The van der Waals surface area contributed by atoms with Crippen molar-refractivity contribution in [3.8, 4) is 5.75 Å². The number of imidazole rings is 1. The van der Waals surface area contributed by atoms with Crippen molar-refractivity contribution in [3.05, 3.63) is 77.7 Å². The highest BCUT2D eigenvalue weighted by molar-refractivity contribution is 7.99. The normalized spacial score (nSPS) is 10.9. The standard InChI is InChI=1S/C26H27N3O5S/c1-3-33-25(31)19-8-11-23-22(15-19)28-26(35-17-24(30)27-16-21-5-4-14-34-21)29(23)13-12-18-6-9-20(32-2)10-7-18/h4-11,14-15H,3,12-13,16-17H2,1-2H3,(H,27,30). The Labute approximate surface area is 207 Å². The number of nitrogens with one attached hydrogen (secondary N) is 1. The van der Waals surface area contributed by atoms with Gasteiger partial charge in [-0.2, -0.15) is 0 Å². The summed E-state index contributed by atoms with van der Waals surface area (Å²) in [5.74, 6) is 1.21. The Morgan fingerprint density at radius 2 is 1.97 bits per heavy atom. The number of amides is 1. The number of fused-ring (bicyclic) bond motifs is 1. The molecule has 2 aromatic heterocycles. The molecule has 4 rings (SSSR count). The molecule has 4 aromatic rings. The first kappa shape index (κ1) is 24.4. The van der Waals surface area contributed by atoms with Gasteiger partial charge in [0.1, 0.15) is 11.5 Å². The number of methoxy groups -OCH3 is 1. The van der Waals surface area contributed by atoms with E-state index in [1.54, 1.807) is 38.5 Å². The van der Waals surface area contributed by atoms with E-state index in [0.717, 1.165) is 23.3 Å². The van der Waals surface area contributed by atoms with E-state index in [1.165, 1.54) is 11.8 Å². The lowest BCUT2D eigenvalue weighted by atomic mass is 10.1. The Bertz CT molecular complexity index is 1280. The number of hydrogen-bond donors (Lipinski definition) is 1. The predicted molar refractivity (Wildman–Crippen MR) is 134 cm³/mol.